The van der Waals surface area contributed by atoms with Gasteiger partial charge in [0.2, 0.25) is 5.56 Å². The molecule has 0 radical (unpaired) electrons. The van der Waals surface area contributed by atoms with Gasteiger partial charge in [-0.25, -0.2) is 0 Å². The lowest BCUT2D eigenvalue weighted by Gasteiger charge is -2.30. The molecule has 1 atom stereocenters. The number of hydrogen-bond acceptors (Lipinski definition) is 8. The van der Waals surface area contributed by atoms with E-state index in [1.807, 2.05) is 0 Å². The molecule has 2 N–H and O–H groups in total. The Bertz CT molecular complexity index is 1320. The van der Waals surface area contributed by atoms with Gasteiger partial charge in [-0.05, 0) is 37.3 Å². The minimum Gasteiger partial charge on any atom is -0.381 e. The molecule has 6 rings (SSSR count). The van der Waals surface area contributed by atoms with Gasteiger partial charge in [-0.3, -0.25) is 9.69 Å². The highest BCUT2D eigenvalue weighted by atomic mass is 32.2. The first kappa shape index (κ1) is 24.9. The zero-order valence-corrected chi connectivity index (χ0v) is 22.6. The molecule has 7 nitrogen and oxygen atoms in total. The fourth-order valence-electron chi connectivity index (χ4n) is 5.08. The average Bonchev–Trinajstić information content (AvgIpc) is 2.92. The molecule has 9 heteroatoms. The Labute approximate surface area is 225 Å². The summed E-state index contributed by atoms with van der Waals surface area (Å²) >= 11 is 3.58. The van der Waals surface area contributed by atoms with Gasteiger partial charge < -0.3 is 24.7 Å². The van der Waals surface area contributed by atoms with Gasteiger partial charge in [-0.2, -0.15) is 0 Å². The number of aromatic nitrogens is 1. The number of benzene rings is 2. The summed E-state index contributed by atoms with van der Waals surface area (Å²) in [5, 5.41) is 3.69. The number of rotatable bonds is 6. The molecule has 0 saturated carbocycles. The molecule has 37 heavy (non-hydrogen) atoms. The zero-order chi connectivity index (χ0) is 25.2. The molecule has 194 valence electrons. The Balaban J connectivity index is 1.22. The van der Waals surface area contributed by atoms with Crippen LogP contribution in [0.5, 0.6) is 0 Å². The second-order valence-electron chi connectivity index (χ2n) is 9.67. The van der Waals surface area contributed by atoms with E-state index in [0.29, 0.717) is 19.3 Å². The van der Waals surface area contributed by atoms with Gasteiger partial charge in [0, 0.05) is 81.4 Å². The van der Waals surface area contributed by atoms with Crippen LogP contribution in [0, 0.1) is 0 Å². The zero-order valence-electron chi connectivity index (χ0n) is 21.0. The number of ether oxygens (including phenoxy) is 2. The van der Waals surface area contributed by atoms with Crippen LogP contribution in [0.3, 0.4) is 0 Å². The number of hydrogen-bond donors (Lipinski definition) is 2. The number of nitrogens with one attached hydrogen (secondary N) is 2. The molecule has 0 spiro atoms. The predicted molar refractivity (Wildman–Crippen MR) is 151 cm³/mol. The number of fused-ring (bicyclic) bond motifs is 2. The summed E-state index contributed by atoms with van der Waals surface area (Å²) < 4.78 is 11.0. The number of anilines is 2. The number of morpholine rings is 2. The first-order chi connectivity index (χ1) is 18.1. The minimum absolute atomic E-state index is 0.0765. The van der Waals surface area contributed by atoms with Crippen molar-refractivity contribution in [2.45, 2.75) is 32.5 Å². The Morgan fingerprint density at radius 3 is 2.51 bits per heavy atom. The van der Waals surface area contributed by atoms with Crippen LogP contribution in [0.15, 0.2) is 72.9 Å². The largest absolute Gasteiger partial charge is 0.381 e. The Kier molecular flexibility index (Phi) is 7.48. The SMILES string of the molecule is CC(CN1CCOCC1)Nc1ccc2c(c1)Sc1cccc(-c3cc(N4CCOCC4)cc(=O)[nH]3)c1S2. The number of H-pyrrole nitrogens is 1. The van der Waals surface area contributed by atoms with Gasteiger partial charge in [0.1, 0.15) is 0 Å². The molecular weight excluding hydrogens is 504 g/mol. The first-order valence-corrected chi connectivity index (χ1v) is 14.5. The van der Waals surface area contributed by atoms with E-state index >= 15 is 0 Å². The van der Waals surface area contributed by atoms with Crippen LogP contribution >= 0.6 is 23.5 Å². The van der Waals surface area contributed by atoms with E-state index in [4.69, 9.17) is 9.47 Å². The highest BCUT2D eigenvalue weighted by molar-refractivity contribution is 8.05. The van der Waals surface area contributed by atoms with E-state index in [1.165, 1.54) is 19.6 Å². The molecule has 2 saturated heterocycles. The molecule has 1 aromatic heterocycles. The molecule has 0 amide bonds. The monoisotopic (exact) mass is 536 g/mol. The number of aromatic amines is 1. The molecule has 2 aromatic carbocycles. The van der Waals surface area contributed by atoms with Crippen molar-refractivity contribution in [1.82, 2.24) is 9.88 Å². The third kappa shape index (κ3) is 5.71. The second kappa shape index (κ2) is 11.1. The van der Waals surface area contributed by atoms with E-state index in [2.05, 4.69) is 69.5 Å². The van der Waals surface area contributed by atoms with Gasteiger partial charge in [-0.1, -0.05) is 35.7 Å². The van der Waals surface area contributed by atoms with Crippen molar-refractivity contribution < 1.29 is 9.47 Å². The smallest absolute Gasteiger partial charge is 0.250 e. The topological polar surface area (TPSA) is 69.8 Å². The first-order valence-electron chi connectivity index (χ1n) is 12.9. The third-order valence-electron chi connectivity index (χ3n) is 6.90. The van der Waals surface area contributed by atoms with Crippen LogP contribution in [0.4, 0.5) is 11.4 Å². The molecule has 3 aliphatic heterocycles. The Morgan fingerprint density at radius 1 is 0.919 bits per heavy atom. The molecule has 4 heterocycles. The van der Waals surface area contributed by atoms with Crippen molar-refractivity contribution in [1.29, 1.82) is 0 Å². The normalized spacial score (nSPS) is 18.7. The quantitative estimate of drug-likeness (QED) is 0.370. The maximum Gasteiger partial charge on any atom is 0.250 e. The maximum atomic E-state index is 12.6. The lowest BCUT2D eigenvalue weighted by atomic mass is 10.1. The van der Waals surface area contributed by atoms with Crippen molar-refractivity contribution in [2.75, 3.05) is 69.4 Å². The highest BCUT2D eigenvalue weighted by Crippen LogP contribution is 2.52. The van der Waals surface area contributed by atoms with Gasteiger partial charge >= 0.3 is 0 Å². The maximum absolute atomic E-state index is 12.6. The van der Waals surface area contributed by atoms with Crippen LogP contribution < -0.4 is 15.8 Å². The number of nitrogens with zero attached hydrogens (tertiary/aromatic N) is 2. The average molecular weight is 537 g/mol. The van der Waals surface area contributed by atoms with Crippen molar-refractivity contribution in [3.8, 4) is 11.3 Å². The summed E-state index contributed by atoms with van der Waals surface area (Å²) in [5.74, 6) is 0. The lowest BCUT2D eigenvalue weighted by molar-refractivity contribution is 0.0368. The summed E-state index contributed by atoms with van der Waals surface area (Å²) in [5.41, 5.74) is 3.95. The molecule has 0 bridgehead atoms. The van der Waals surface area contributed by atoms with Crippen molar-refractivity contribution in [2.24, 2.45) is 0 Å². The second-order valence-corrected chi connectivity index (χ2v) is 11.8. The van der Waals surface area contributed by atoms with Crippen molar-refractivity contribution in [3.63, 3.8) is 0 Å². The van der Waals surface area contributed by atoms with Gasteiger partial charge in [0.05, 0.1) is 32.1 Å². The van der Waals surface area contributed by atoms with E-state index in [0.717, 1.165) is 68.6 Å². The van der Waals surface area contributed by atoms with Gasteiger partial charge in [0.15, 0.2) is 0 Å². The summed E-state index contributed by atoms with van der Waals surface area (Å²) in [6.07, 6.45) is 0. The van der Waals surface area contributed by atoms with E-state index in [9.17, 15) is 4.79 Å². The van der Waals surface area contributed by atoms with E-state index in [-0.39, 0.29) is 5.56 Å². The molecule has 3 aromatic rings. The highest BCUT2D eigenvalue weighted by Gasteiger charge is 2.23. The molecule has 1 unspecified atom stereocenters. The van der Waals surface area contributed by atoms with Crippen LogP contribution in [0.1, 0.15) is 6.92 Å². The van der Waals surface area contributed by atoms with Crippen LogP contribution in [-0.2, 0) is 9.47 Å². The van der Waals surface area contributed by atoms with E-state index in [1.54, 1.807) is 29.6 Å². The standard InChI is InChI=1S/C28H32N4O3S2/c1-19(18-31-7-11-34-12-8-31)29-20-5-6-24-26(15-20)36-25-4-2-3-22(28(25)37-24)23-16-21(17-27(33)30-23)32-9-13-35-14-10-32/h2-6,15-17,19,29H,7-14,18H2,1H3,(H,30,33). The molecular formula is C28H32N4O3S2. The summed E-state index contributed by atoms with van der Waals surface area (Å²) in [6, 6.07) is 17.2. The minimum atomic E-state index is -0.0765. The molecule has 2 fully saturated rings. The van der Waals surface area contributed by atoms with E-state index < -0.39 is 0 Å². The summed E-state index contributed by atoms with van der Waals surface area (Å²) in [6.45, 7) is 9.89. The van der Waals surface area contributed by atoms with Gasteiger partial charge in [-0.15, -0.1) is 0 Å². The lowest BCUT2D eigenvalue weighted by Crippen LogP contribution is -2.42. The van der Waals surface area contributed by atoms with Crippen LogP contribution in [0.25, 0.3) is 11.3 Å². The number of pyridine rings is 1. The Morgan fingerprint density at radius 2 is 1.70 bits per heavy atom. The summed E-state index contributed by atoms with van der Waals surface area (Å²) in [7, 11) is 0. The fourth-order valence-corrected chi connectivity index (χ4v) is 7.50. The summed E-state index contributed by atoms with van der Waals surface area (Å²) in [4.78, 5) is 25.3. The van der Waals surface area contributed by atoms with Crippen molar-refractivity contribution in [3.05, 3.63) is 58.9 Å². The predicted octanol–water partition coefficient (Wildman–Crippen LogP) is 4.63. The van der Waals surface area contributed by atoms with Crippen LogP contribution in [0.2, 0.25) is 0 Å². The third-order valence-corrected chi connectivity index (χ3v) is 9.49. The molecule has 3 aliphatic rings. The van der Waals surface area contributed by atoms with Crippen molar-refractivity contribution >= 4 is 34.9 Å². The fraction of sp³-hybridized carbons (Fsp3) is 0.393. The van der Waals surface area contributed by atoms with Crippen LogP contribution in [-0.4, -0.2) is 75.1 Å². The van der Waals surface area contributed by atoms with Gasteiger partial charge in [0.25, 0.3) is 0 Å². The Hall–Kier alpha value is -2.43. The molecule has 0 aliphatic carbocycles.